The molecular formula is C9H16N4. The third kappa shape index (κ3) is 2.66. The zero-order chi connectivity index (χ0) is 9.73. The molecule has 1 atom stereocenters. The maximum absolute atomic E-state index is 5.66. The molecule has 1 aromatic rings. The van der Waals surface area contributed by atoms with E-state index in [4.69, 9.17) is 5.73 Å². The van der Waals surface area contributed by atoms with E-state index in [1.165, 1.54) is 6.33 Å². The minimum absolute atomic E-state index is 0.0750. The van der Waals surface area contributed by atoms with E-state index < -0.39 is 0 Å². The number of nitrogens with one attached hydrogen (secondary N) is 1. The summed E-state index contributed by atoms with van der Waals surface area (Å²) < 4.78 is 0. The van der Waals surface area contributed by atoms with Gasteiger partial charge in [-0.25, -0.2) is 9.97 Å². The number of nitrogens with two attached hydrogens (primary N) is 1. The first kappa shape index (κ1) is 9.92. The van der Waals surface area contributed by atoms with Crippen molar-refractivity contribution in [1.82, 2.24) is 9.97 Å². The smallest absolute Gasteiger partial charge is 0.129 e. The summed E-state index contributed by atoms with van der Waals surface area (Å²) in [4.78, 5) is 7.93. The number of nitrogens with zero attached hydrogens (tertiary/aromatic N) is 2. The van der Waals surface area contributed by atoms with Gasteiger partial charge in [0.05, 0.1) is 0 Å². The lowest BCUT2D eigenvalue weighted by Crippen LogP contribution is -2.42. The Morgan fingerprint density at radius 1 is 1.62 bits per heavy atom. The molecular weight excluding hydrogens is 164 g/mol. The standard InChI is InChI=1S/C9H16N4/c1-3-9(2,6-10)13-8-4-5-11-7-12-8/h4-5,7H,3,6,10H2,1-2H3,(H,11,12,13). The van der Waals surface area contributed by atoms with E-state index >= 15 is 0 Å². The molecule has 0 spiro atoms. The van der Waals surface area contributed by atoms with Gasteiger partial charge < -0.3 is 11.1 Å². The third-order valence-corrected chi connectivity index (χ3v) is 2.24. The first-order valence-corrected chi connectivity index (χ1v) is 4.44. The number of aromatic nitrogens is 2. The molecule has 1 heterocycles. The molecule has 3 N–H and O–H groups in total. The fraction of sp³-hybridized carbons (Fsp3) is 0.556. The second-order valence-electron chi connectivity index (χ2n) is 3.34. The molecule has 1 aromatic heterocycles. The van der Waals surface area contributed by atoms with Crippen LogP contribution in [0.5, 0.6) is 0 Å². The van der Waals surface area contributed by atoms with Crippen molar-refractivity contribution in [2.45, 2.75) is 25.8 Å². The second kappa shape index (κ2) is 4.18. The molecule has 0 amide bonds. The highest BCUT2D eigenvalue weighted by atomic mass is 15.1. The van der Waals surface area contributed by atoms with E-state index in [0.29, 0.717) is 6.54 Å². The molecule has 0 saturated heterocycles. The first-order valence-electron chi connectivity index (χ1n) is 4.44. The molecule has 13 heavy (non-hydrogen) atoms. The van der Waals surface area contributed by atoms with Gasteiger partial charge >= 0.3 is 0 Å². The van der Waals surface area contributed by atoms with E-state index in [9.17, 15) is 0 Å². The summed E-state index contributed by atoms with van der Waals surface area (Å²) in [5, 5.41) is 3.28. The van der Waals surface area contributed by atoms with Crippen molar-refractivity contribution in [3.63, 3.8) is 0 Å². The lowest BCUT2D eigenvalue weighted by Gasteiger charge is -2.28. The zero-order valence-corrected chi connectivity index (χ0v) is 8.12. The zero-order valence-electron chi connectivity index (χ0n) is 8.12. The Balaban J connectivity index is 2.68. The molecule has 0 aliphatic rings. The summed E-state index contributed by atoms with van der Waals surface area (Å²) in [6, 6.07) is 1.84. The Labute approximate surface area is 78.6 Å². The van der Waals surface area contributed by atoms with Gasteiger partial charge in [-0.15, -0.1) is 0 Å². The summed E-state index contributed by atoms with van der Waals surface area (Å²) in [5.41, 5.74) is 5.58. The molecule has 72 valence electrons. The molecule has 4 heteroatoms. The van der Waals surface area contributed by atoms with Gasteiger partial charge in [0.2, 0.25) is 0 Å². The van der Waals surface area contributed by atoms with E-state index in [2.05, 4.69) is 29.1 Å². The summed E-state index contributed by atoms with van der Waals surface area (Å²) in [6.07, 6.45) is 4.20. The molecule has 0 aromatic carbocycles. The van der Waals surface area contributed by atoms with Gasteiger partial charge in [0.25, 0.3) is 0 Å². The highest BCUT2D eigenvalue weighted by molar-refractivity contribution is 5.35. The third-order valence-electron chi connectivity index (χ3n) is 2.24. The van der Waals surface area contributed by atoms with E-state index in [-0.39, 0.29) is 5.54 Å². The first-order chi connectivity index (χ1) is 6.20. The van der Waals surface area contributed by atoms with Gasteiger partial charge in [0.15, 0.2) is 0 Å². The molecule has 0 radical (unpaired) electrons. The van der Waals surface area contributed by atoms with Crippen LogP contribution in [0.2, 0.25) is 0 Å². The summed E-state index contributed by atoms with van der Waals surface area (Å²) in [6.45, 7) is 4.77. The quantitative estimate of drug-likeness (QED) is 0.726. The molecule has 0 saturated carbocycles. The number of anilines is 1. The predicted octanol–water partition coefficient (Wildman–Crippen LogP) is 1.02. The molecule has 0 fully saturated rings. The highest BCUT2D eigenvalue weighted by Crippen LogP contribution is 2.13. The molecule has 0 aliphatic heterocycles. The van der Waals surface area contributed by atoms with Crippen LogP contribution in [0.1, 0.15) is 20.3 Å². The van der Waals surface area contributed by atoms with Crippen LogP contribution in [0.25, 0.3) is 0 Å². The minimum Gasteiger partial charge on any atom is -0.364 e. The Bertz CT molecular complexity index is 243. The van der Waals surface area contributed by atoms with Crippen molar-refractivity contribution in [3.8, 4) is 0 Å². The van der Waals surface area contributed by atoms with Crippen molar-refractivity contribution in [3.05, 3.63) is 18.6 Å². The SMILES string of the molecule is CCC(C)(CN)Nc1ccncn1. The van der Waals surface area contributed by atoms with Crippen LogP contribution in [0.15, 0.2) is 18.6 Å². The number of hydrogen-bond acceptors (Lipinski definition) is 4. The van der Waals surface area contributed by atoms with Gasteiger partial charge in [0.1, 0.15) is 12.1 Å². The van der Waals surface area contributed by atoms with Crippen molar-refractivity contribution < 1.29 is 0 Å². The van der Waals surface area contributed by atoms with E-state index in [1.54, 1.807) is 6.20 Å². The van der Waals surface area contributed by atoms with Gasteiger partial charge in [-0.05, 0) is 19.4 Å². The summed E-state index contributed by atoms with van der Waals surface area (Å²) in [5.74, 6) is 0.824. The second-order valence-corrected chi connectivity index (χ2v) is 3.34. The monoisotopic (exact) mass is 180 g/mol. The summed E-state index contributed by atoms with van der Waals surface area (Å²) >= 11 is 0. The molecule has 0 aliphatic carbocycles. The van der Waals surface area contributed by atoms with Crippen molar-refractivity contribution in [2.24, 2.45) is 5.73 Å². The number of hydrogen-bond donors (Lipinski definition) is 2. The van der Waals surface area contributed by atoms with Crippen LogP contribution in [0.3, 0.4) is 0 Å². The average Bonchev–Trinajstić information content (AvgIpc) is 2.19. The van der Waals surface area contributed by atoms with Gasteiger partial charge in [-0.2, -0.15) is 0 Å². The topological polar surface area (TPSA) is 63.8 Å². The van der Waals surface area contributed by atoms with Crippen LogP contribution in [0.4, 0.5) is 5.82 Å². The Kier molecular flexibility index (Phi) is 3.19. The molecule has 1 rings (SSSR count). The fourth-order valence-corrected chi connectivity index (χ4v) is 0.958. The maximum atomic E-state index is 5.66. The Morgan fingerprint density at radius 3 is 2.85 bits per heavy atom. The van der Waals surface area contributed by atoms with Gasteiger partial charge in [0, 0.05) is 18.3 Å². The fourth-order valence-electron chi connectivity index (χ4n) is 0.958. The lowest BCUT2D eigenvalue weighted by atomic mass is 9.99. The van der Waals surface area contributed by atoms with E-state index in [0.717, 1.165) is 12.2 Å². The molecule has 4 nitrogen and oxygen atoms in total. The van der Waals surface area contributed by atoms with Crippen LogP contribution in [-0.4, -0.2) is 22.1 Å². The Morgan fingerprint density at radius 2 is 2.38 bits per heavy atom. The van der Waals surface area contributed by atoms with Crippen LogP contribution in [0, 0.1) is 0 Å². The average molecular weight is 180 g/mol. The predicted molar refractivity (Wildman–Crippen MR) is 53.4 cm³/mol. The van der Waals surface area contributed by atoms with Crippen molar-refractivity contribution in [2.75, 3.05) is 11.9 Å². The van der Waals surface area contributed by atoms with Gasteiger partial charge in [-0.3, -0.25) is 0 Å². The maximum Gasteiger partial charge on any atom is 0.129 e. The van der Waals surface area contributed by atoms with Crippen LogP contribution >= 0.6 is 0 Å². The number of rotatable bonds is 4. The normalized spacial score (nSPS) is 15.0. The van der Waals surface area contributed by atoms with Crippen molar-refractivity contribution >= 4 is 5.82 Å². The van der Waals surface area contributed by atoms with Crippen molar-refractivity contribution in [1.29, 1.82) is 0 Å². The van der Waals surface area contributed by atoms with Crippen LogP contribution < -0.4 is 11.1 Å². The van der Waals surface area contributed by atoms with E-state index in [1.807, 2.05) is 6.07 Å². The Hall–Kier alpha value is -1.16. The highest BCUT2D eigenvalue weighted by Gasteiger charge is 2.19. The summed E-state index contributed by atoms with van der Waals surface area (Å²) in [7, 11) is 0. The molecule has 0 bridgehead atoms. The largest absolute Gasteiger partial charge is 0.364 e. The lowest BCUT2D eigenvalue weighted by molar-refractivity contribution is 0.504. The van der Waals surface area contributed by atoms with Crippen LogP contribution in [-0.2, 0) is 0 Å². The molecule has 1 unspecified atom stereocenters. The van der Waals surface area contributed by atoms with Gasteiger partial charge in [-0.1, -0.05) is 6.92 Å². The minimum atomic E-state index is -0.0750.